The molecule has 164 valence electrons. The van der Waals surface area contributed by atoms with Crippen LogP contribution in [0.5, 0.6) is 5.75 Å². The fourth-order valence-electron chi connectivity index (χ4n) is 3.33. The number of hydrogen-bond donors (Lipinski definition) is 1. The van der Waals surface area contributed by atoms with Gasteiger partial charge < -0.3 is 14.8 Å². The number of hydrogen-bond acceptors (Lipinski definition) is 5. The normalized spacial score (nSPS) is 14.1. The molecule has 0 spiro atoms. The van der Waals surface area contributed by atoms with Crippen LogP contribution in [0.25, 0.3) is 5.57 Å². The van der Waals surface area contributed by atoms with E-state index in [4.69, 9.17) is 21.1 Å². The first kappa shape index (κ1) is 22.8. The van der Waals surface area contributed by atoms with Gasteiger partial charge >= 0.3 is 0 Å². The number of amides is 2. The number of carbonyl (C=O) groups is 2. The summed E-state index contributed by atoms with van der Waals surface area (Å²) in [5.41, 5.74) is 2.80. The fourth-order valence-corrected chi connectivity index (χ4v) is 3.50. The number of nitrogens with one attached hydrogen (secondary N) is 1. The summed E-state index contributed by atoms with van der Waals surface area (Å²) >= 11 is 6.15. The van der Waals surface area contributed by atoms with E-state index in [1.54, 1.807) is 43.5 Å². The predicted molar refractivity (Wildman–Crippen MR) is 122 cm³/mol. The molecule has 0 unspecified atom stereocenters. The lowest BCUT2D eigenvalue weighted by Crippen LogP contribution is -2.34. The van der Waals surface area contributed by atoms with Gasteiger partial charge in [0.1, 0.15) is 11.4 Å². The number of rotatable bonds is 9. The van der Waals surface area contributed by atoms with E-state index in [1.807, 2.05) is 26.8 Å². The minimum absolute atomic E-state index is 0.0981. The molecule has 0 aromatic heterocycles. The van der Waals surface area contributed by atoms with E-state index in [2.05, 4.69) is 5.32 Å². The van der Waals surface area contributed by atoms with Gasteiger partial charge in [-0.1, -0.05) is 29.8 Å². The molecule has 0 saturated carbocycles. The fraction of sp³-hybridized carbons (Fsp3) is 0.333. The van der Waals surface area contributed by atoms with Crippen molar-refractivity contribution in [1.29, 1.82) is 0 Å². The van der Waals surface area contributed by atoms with Gasteiger partial charge in [-0.25, -0.2) is 0 Å². The Hall–Kier alpha value is -2.83. The van der Waals surface area contributed by atoms with Gasteiger partial charge in [-0.3, -0.25) is 14.5 Å². The molecule has 7 heteroatoms. The maximum absolute atomic E-state index is 13.3. The molecule has 0 saturated heterocycles. The first-order valence-corrected chi connectivity index (χ1v) is 10.6. The van der Waals surface area contributed by atoms with Crippen LogP contribution in [0.1, 0.15) is 31.4 Å². The van der Waals surface area contributed by atoms with Crippen LogP contribution >= 0.6 is 11.6 Å². The Bertz CT molecular complexity index is 999. The minimum atomic E-state index is -0.361. The Morgan fingerprint density at radius 1 is 1.06 bits per heavy atom. The average molecular weight is 443 g/mol. The number of methoxy groups -OCH3 is 1. The third-order valence-corrected chi connectivity index (χ3v) is 5.22. The third-order valence-electron chi connectivity index (χ3n) is 4.98. The molecule has 3 rings (SSSR count). The number of carbonyl (C=O) groups excluding carboxylic acids is 2. The van der Waals surface area contributed by atoms with Crippen LogP contribution in [0.2, 0.25) is 5.02 Å². The number of anilines is 1. The van der Waals surface area contributed by atoms with Gasteiger partial charge in [0.25, 0.3) is 11.8 Å². The molecule has 0 fully saturated rings. The van der Waals surface area contributed by atoms with Gasteiger partial charge in [-0.2, -0.15) is 0 Å². The molecule has 1 aliphatic heterocycles. The van der Waals surface area contributed by atoms with E-state index in [-0.39, 0.29) is 30.2 Å². The molecular formula is C24H27ClN2O4. The predicted octanol–water partition coefficient (Wildman–Crippen LogP) is 4.66. The van der Waals surface area contributed by atoms with Crippen molar-refractivity contribution in [2.45, 2.75) is 33.3 Å². The zero-order valence-corrected chi connectivity index (χ0v) is 19.0. The Morgan fingerprint density at radius 3 is 2.42 bits per heavy atom. The van der Waals surface area contributed by atoms with Gasteiger partial charge in [0.2, 0.25) is 0 Å². The van der Waals surface area contributed by atoms with Crippen LogP contribution < -0.4 is 10.1 Å². The standard InChI is InChI=1S/C24H27ClN2O4/c1-15(2)31-13-5-12-27-23(28)21(17-7-10-19(30-4)11-8-17)22(24(27)29)26-20-14-18(25)9-6-16(20)3/h6-11,14-15,26H,5,12-13H2,1-4H3. The van der Waals surface area contributed by atoms with Crippen LogP contribution in [0.3, 0.4) is 0 Å². The molecule has 6 nitrogen and oxygen atoms in total. The van der Waals surface area contributed by atoms with Crippen molar-refractivity contribution in [3.8, 4) is 5.75 Å². The first-order chi connectivity index (χ1) is 14.8. The Kier molecular flexibility index (Phi) is 7.36. The molecule has 1 aliphatic rings. The van der Waals surface area contributed by atoms with E-state index in [9.17, 15) is 9.59 Å². The Balaban J connectivity index is 1.94. The topological polar surface area (TPSA) is 67.9 Å². The van der Waals surface area contributed by atoms with Crippen molar-refractivity contribution >= 4 is 34.7 Å². The lowest BCUT2D eigenvalue weighted by molar-refractivity contribution is -0.137. The minimum Gasteiger partial charge on any atom is -0.497 e. The quantitative estimate of drug-likeness (QED) is 0.451. The number of imide groups is 1. The molecule has 1 heterocycles. The molecule has 0 atom stereocenters. The summed E-state index contributed by atoms with van der Waals surface area (Å²) in [6.45, 7) is 6.57. The number of nitrogens with zero attached hydrogens (tertiary/aromatic N) is 1. The van der Waals surface area contributed by atoms with E-state index in [0.717, 1.165) is 5.56 Å². The molecule has 1 N–H and O–H groups in total. The van der Waals surface area contributed by atoms with Crippen molar-refractivity contribution in [2.24, 2.45) is 0 Å². The molecule has 31 heavy (non-hydrogen) atoms. The molecule has 2 aromatic rings. The lowest BCUT2D eigenvalue weighted by atomic mass is 10.0. The second kappa shape index (κ2) is 9.98. The van der Waals surface area contributed by atoms with Crippen molar-refractivity contribution in [3.63, 3.8) is 0 Å². The molecule has 2 amide bonds. The van der Waals surface area contributed by atoms with E-state index < -0.39 is 0 Å². The van der Waals surface area contributed by atoms with Crippen LogP contribution in [-0.2, 0) is 14.3 Å². The van der Waals surface area contributed by atoms with Gasteiger partial charge in [0.15, 0.2) is 0 Å². The Morgan fingerprint density at radius 2 is 1.77 bits per heavy atom. The number of aryl methyl sites for hydroxylation is 1. The highest BCUT2D eigenvalue weighted by molar-refractivity contribution is 6.36. The molecular weight excluding hydrogens is 416 g/mol. The molecule has 0 radical (unpaired) electrons. The zero-order valence-electron chi connectivity index (χ0n) is 18.2. The van der Waals surface area contributed by atoms with Gasteiger partial charge in [0.05, 0.1) is 18.8 Å². The SMILES string of the molecule is COc1ccc(C2=C(Nc3cc(Cl)ccc3C)C(=O)N(CCCOC(C)C)C2=O)cc1. The largest absolute Gasteiger partial charge is 0.497 e. The molecule has 0 bridgehead atoms. The summed E-state index contributed by atoms with van der Waals surface area (Å²) in [5.74, 6) is -0.0226. The highest BCUT2D eigenvalue weighted by Crippen LogP contribution is 2.32. The average Bonchev–Trinajstić information content (AvgIpc) is 2.97. The zero-order chi connectivity index (χ0) is 22.5. The maximum Gasteiger partial charge on any atom is 0.278 e. The third kappa shape index (κ3) is 5.27. The summed E-state index contributed by atoms with van der Waals surface area (Å²) in [6.07, 6.45) is 0.663. The monoisotopic (exact) mass is 442 g/mol. The highest BCUT2D eigenvalue weighted by atomic mass is 35.5. The van der Waals surface area contributed by atoms with Crippen LogP contribution in [0, 0.1) is 6.92 Å². The van der Waals surface area contributed by atoms with Crippen LogP contribution in [-0.4, -0.2) is 43.1 Å². The van der Waals surface area contributed by atoms with E-state index in [0.29, 0.717) is 40.6 Å². The number of benzene rings is 2. The maximum atomic E-state index is 13.3. The summed E-state index contributed by atoms with van der Waals surface area (Å²) < 4.78 is 10.8. The van der Waals surface area contributed by atoms with Crippen molar-refractivity contribution in [3.05, 3.63) is 64.3 Å². The summed E-state index contributed by atoms with van der Waals surface area (Å²) in [6, 6.07) is 12.5. The van der Waals surface area contributed by atoms with Crippen molar-refractivity contribution in [2.75, 3.05) is 25.6 Å². The first-order valence-electron chi connectivity index (χ1n) is 10.2. The summed E-state index contributed by atoms with van der Waals surface area (Å²) in [5, 5.41) is 3.71. The van der Waals surface area contributed by atoms with Crippen molar-refractivity contribution in [1.82, 2.24) is 4.90 Å². The molecule has 2 aromatic carbocycles. The van der Waals surface area contributed by atoms with Crippen molar-refractivity contribution < 1.29 is 19.1 Å². The van der Waals surface area contributed by atoms with E-state index in [1.165, 1.54) is 4.90 Å². The summed E-state index contributed by atoms with van der Waals surface area (Å²) in [7, 11) is 1.58. The summed E-state index contributed by atoms with van der Waals surface area (Å²) in [4.78, 5) is 27.8. The van der Waals surface area contributed by atoms with Crippen LogP contribution in [0.4, 0.5) is 5.69 Å². The van der Waals surface area contributed by atoms with Crippen LogP contribution in [0.15, 0.2) is 48.2 Å². The van der Waals surface area contributed by atoms with Gasteiger partial charge in [-0.15, -0.1) is 0 Å². The Labute approximate surface area is 187 Å². The second-order valence-electron chi connectivity index (χ2n) is 7.60. The number of ether oxygens (including phenoxy) is 2. The second-order valence-corrected chi connectivity index (χ2v) is 8.03. The number of halogens is 1. The smallest absolute Gasteiger partial charge is 0.278 e. The lowest BCUT2D eigenvalue weighted by Gasteiger charge is -2.16. The van der Waals surface area contributed by atoms with E-state index >= 15 is 0 Å². The van der Waals surface area contributed by atoms with Gasteiger partial charge in [0, 0.05) is 23.9 Å². The van der Waals surface area contributed by atoms with Gasteiger partial charge in [-0.05, 0) is 62.6 Å². The molecule has 0 aliphatic carbocycles. The highest BCUT2D eigenvalue weighted by Gasteiger charge is 2.39.